The average Bonchev–Trinajstić information content (AvgIpc) is 3.07. The topological polar surface area (TPSA) is 36.4 Å². The van der Waals surface area contributed by atoms with Gasteiger partial charge in [-0.15, -0.1) is 11.3 Å². The number of thiazole rings is 1. The molecule has 0 spiro atoms. The molecule has 0 aliphatic carbocycles. The third-order valence-corrected chi connectivity index (χ3v) is 4.49. The Labute approximate surface area is 138 Å². The first kappa shape index (κ1) is 15.1. The summed E-state index contributed by atoms with van der Waals surface area (Å²) in [6, 6.07) is 7.82. The molecule has 6 heteroatoms. The fourth-order valence-corrected chi connectivity index (χ4v) is 3.05. The summed E-state index contributed by atoms with van der Waals surface area (Å²) in [7, 11) is 0. The van der Waals surface area contributed by atoms with Gasteiger partial charge in [-0.25, -0.2) is 4.98 Å². The van der Waals surface area contributed by atoms with E-state index in [-0.39, 0.29) is 5.91 Å². The molecule has 3 rings (SSSR count). The molecule has 0 saturated carbocycles. The van der Waals surface area contributed by atoms with Crippen molar-refractivity contribution in [3.05, 3.63) is 51.9 Å². The molecule has 1 aliphatic heterocycles. The number of amides is 1. The molecule has 22 heavy (non-hydrogen) atoms. The first-order chi connectivity index (χ1) is 10.7. The van der Waals surface area contributed by atoms with Crippen LogP contribution in [-0.4, -0.2) is 42.0 Å². The van der Waals surface area contributed by atoms with E-state index in [1.807, 2.05) is 34.5 Å². The van der Waals surface area contributed by atoms with E-state index in [1.54, 1.807) is 17.7 Å². The van der Waals surface area contributed by atoms with Crippen LogP contribution >= 0.6 is 22.9 Å². The van der Waals surface area contributed by atoms with E-state index in [0.717, 1.165) is 42.6 Å². The third kappa shape index (κ3) is 3.67. The molecular formula is C16H16ClN3OS. The molecule has 2 aromatic rings. The van der Waals surface area contributed by atoms with Crippen LogP contribution in [0.1, 0.15) is 5.69 Å². The summed E-state index contributed by atoms with van der Waals surface area (Å²) in [6.45, 7) is 3.11. The number of nitrogens with zero attached hydrogens (tertiary/aromatic N) is 3. The van der Waals surface area contributed by atoms with E-state index >= 15 is 0 Å². The van der Waals surface area contributed by atoms with E-state index in [9.17, 15) is 4.79 Å². The Hall–Kier alpha value is -1.85. The summed E-state index contributed by atoms with van der Waals surface area (Å²) < 4.78 is 0. The van der Waals surface area contributed by atoms with Crippen molar-refractivity contribution in [3.8, 4) is 0 Å². The summed E-state index contributed by atoms with van der Waals surface area (Å²) >= 11 is 7.43. The van der Waals surface area contributed by atoms with Crippen LogP contribution in [0.15, 0.2) is 41.2 Å². The van der Waals surface area contributed by atoms with Crippen LogP contribution in [0, 0.1) is 0 Å². The molecule has 0 bridgehead atoms. The number of rotatable bonds is 3. The van der Waals surface area contributed by atoms with Crippen molar-refractivity contribution >= 4 is 40.6 Å². The van der Waals surface area contributed by atoms with E-state index < -0.39 is 0 Å². The largest absolute Gasteiger partial charge is 0.368 e. The molecule has 1 aliphatic rings. The Balaban J connectivity index is 1.55. The lowest BCUT2D eigenvalue weighted by Crippen LogP contribution is -2.48. The van der Waals surface area contributed by atoms with Crippen LogP contribution in [0.5, 0.6) is 0 Å². The highest BCUT2D eigenvalue weighted by Crippen LogP contribution is 2.19. The van der Waals surface area contributed by atoms with Gasteiger partial charge in [0.25, 0.3) is 0 Å². The number of carbonyl (C=O) groups excluding carboxylic acids is 1. The monoisotopic (exact) mass is 333 g/mol. The van der Waals surface area contributed by atoms with Crippen molar-refractivity contribution < 1.29 is 4.79 Å². The number of hydrogen-bond donors (Lipinski definition) is 0. The van der Waals surface area contributed by atoms with Crippen LogP contribution in [0.4, 0.5) is 5.69 Å². The molecule has 2 heterocycles. The van der Waals surface area contributed by atoms with Gasteiger partial charge in [-0.1, -0.05) is 11.6 Å². The molecule has 1 aromatic carbocycles. The van der Waals surface area contributed by atoms with Gasteiger partial charge < -0.3 is 9.80 Å². The minimum atomic E-state index is 0.0451. The van der Waals surface area contributed by atoms with Gasteiger partial charge in [0.15, 0.2) is 0 Å². The maximum absolute atomic E-state index is 12.2. The molecule has 4 nitrogen and oxygen atoms in total. The predicted molar refractivity (Wildman–Crippen MR) is 91.4 cm³/mol. The number of benzene rings is 1. The van der Waals surface area contributed by atoms with Crippen LogP contribution in [0.25, 0.3) is 6.08 Å². The van der Waals surface area contributed by atoms with Gasteiger partial charge in [0.05, 0.1) is 11.2 Å². The molecule has 1 amide bonds. The van der Waals surface area contributed by atoms with Gasteiger partial charge in [0.2, 0.25) is 5.91 Å². The van der Waals surface area contributed by atoms with E-state index in [0.29, 0.717) is 0 Å². The predicted octanol–water partition coefficient (Wildman–Crippen LogP) is 3.16. The Morgan fingerprint density at radius 2 is 1.91 bits per heavy atom. The summed E-state index contributed by atoms with van der Waals surface area (Å²) in [5, 5.41) is 2.66. The van der Waals surface area contributed by atoms with Gasteiger partial charge in [0.1, 0.15) is 0 Å². The number of halogens is 1. The molecule has 114 valence electrons. The molecule has 0 radical (unpaired) electrons. The zero-order valence-electron chi connectivity index (χ0n) is 12.0. The molecule has 0 unspecified atom stereocenters. The van der Waals surface area contributed by atoms with Crippen molar-refractivity contribution in [2.24, 2.45) is 0 Å². The number of piperazine rings is 1. The zero-order chi connectivity index (χ0) is 15.4. The van der Waals surface area contributed by atoms with Crippen molar-refractivity contribution in [1.82, 2.24) is 9.88 Å². The molecular weight excluding hydrogens is 318 g/mol. The smallest absolute Gasteiger partial charge is 0.246 e. The highest BCUT2D eigenvalue weighted by molar-refractivity contribution is 7.07. The Morgan fingerprint density at radius 1 is 1.18 bits per heavy atom. The number of aromatic nitrogens is 1. The van der Waals surface area contributed by atoms with E-state index in [2.05, 4.69) is 9.88 Å². The minimum absolute atomic E-state index is 0.0451. The number of carbonyl (C=O) groups is 1. The first-order valence-electron chi connectivity index (χ1n) is 7.08. The summed E-state index contributed by atoms with van der Waals surface area (Å²) in [6.07, 6.45) is 3.37. The lowest BCUT2D eigenvalue weighted by Gasteiger charge is -2.35. The molecule has 0 atom stereocenters. The Kier molecular flexibility index (Phi) is 4.75. The van der Waals surface area contributed by atoms with Crippen LogP contribution < -0.4 is 4.90 Å². The first-order valence-corrected chi connectivity index (χ1v) is 8.40. The normalized spacial score (nSPS) is 15.5. The van der Waals surface area contributed by atoms with Crippen LogP contribution in [-0.2, 0) is 4.79 Å². The van der Waals surface area contributed by atoms with Gasteiger partial charge in [-0.3, -0.25) is 4.79 Å². The summed E-state index contributed by atoms with van der Waals surface area (Å²) in [5.41, 5.74) is 3.74. The van der Waals surface area contributed by atoms with Crippen LogP contribution in [0.3, 0.4) is 0 Å². The van der Waals surface area contributed by atoms with Gasteiger partial charge in [-0.05, 0) is 30.3 Å². The van der Waals surface area contributed by atoms with E-state index in [4.69, 9.17) is 11.6 Å². The lowest BCUT2D eigenvalue weighted by atomic mass is 10.2. The molecule has 1 fully saturated rings. The van der Waals surface area contributed by atoms with E-state index in [1.165, 1.54) is 11.3 Å². The third-order valence-electron chi connectivity index (χ3n) is 3.63. The van der Waals surface area contributed by atoms with Crippen molar-refractivity contribution in [2.75, 3.05) is 31.1 Å². The fraction of sp³-hybridized carbons (Fsp3) is 0.250. The van der Waals surface area contributed by atoms with Crippen LogP contribution in [0.2, 0.25) is 5.02 Å². The second kappa shape index (κ2) is 6.94. The van der Waals surface area contributed by atoms with Gasteiger partial charge >= 0.3 is 0 Å². The zero-order valence-corrected chi connectivity index (χ0v) is 13.6. The lowest BCUT2D eigenvalue weighted by molar-refractivity contribution is -0.126. The maximum Gasteiger partial charge on any atom is 0.246 e. The summed E-state index contributed by atoms with van der Waals surface area (Å²) in [5.74, 6) is 0.0451. The molecule has 1 aromatic heterocycles. The number of hydrogen-bond acceptors (Lipinski definition) is 4. The second-order valence-corrected chi connectivity index (χ2v) is 6.19. The SMILES string of the molecule is O=C(C=Cc1cscn1)N1CCN(c2ccc(Cl)cc2)CC1. The highest BCUT2D eigenvalue weighted by Gasteiger charge is 2.19. The Morgan fingerprint density at radius 3 is 2.55 bits per heavy atom. The standard InChI is InChI=1S/C16H16ClN3OS/c17-13-1-4-15(5-2-13)19-7-9-20(10-8-19)16(21)6-3-14-11-22-12-18-14/h1-6,11-12H,7-10H2. The average molecular weight is 334 g/mol. The van der Waals surface area contributed by atoms with Gasteiger partial charge in [0, 0.05) is 48.3 Å². The quantitative estimate of drug-likeness (QED) is 0.810. The maximum atomic E-state index is 12.2. The second-order valence-electron chi connectivity index (χ2n) is 5.04. The highest BCUT2D eigenvalue weighted by atomic mass is 35.5. The minimum Gasteiger partial charge on any atom is -0.368 e. The molecule has 0 N–H and O–H groups in total. The summed E-state index contributed by atoms with van der Waals surface area (Å²) in [4.78, 5) is 20.4. The van der Waals surface area contributed by atoms with Crippen molar-refractivity contribution in [1.29, 1.82) is 0 Å². The van der Waals surface area contributed by atoms with Gasteiger partial charge in [-0.2, -0.15) is 0 Å². The Bertz CT molecular complexity index is 647. The molecule has 1 saturated heterocycles. The van der Waals surface area contributed by atoms with Crippen molar-refractivity contribution in [3.63, 3.8) is 0 Å². The fourth-order valence-electron chi connectivity index (χ4n) is 2.40. The van der Waals surface area contributed by atoms with Crippen molar-refractivity contribution in [2.45, 2.75) is 0 Å². The number of anilines is 1.